The minimum Gasteiger partial charge on any atom is -0.449 e. The van der Waals surface area contributed by atoms with Gasteiger partial charge in [0, 0.05) is 0 Å². The van der Waals surface area contributed by atoms with Gasteiger partial charge in [0.15, 0.2) is 8.32 Å². The minimum absolute atomic E-state index is 0.559. The van der Waals surface area contributed by atoms with E-state index in [2.05, 4.69) is 19.6 Å². The highest BCUT2D eigenvalue weighted by Crippen LogP contribution is 1.99. The fraction of sp³-hybridized carbons (Fsp3) is 1.00. The maximum Gasteiger partial charge on any atom is 0.283 e. The molecule has 0 fully saturated rings. The summed E-state index contributed by atoms with van der Waals surface area (Å²) in [5, 5.41) is 0. The topological polar surface area (TPSA) is 18.5 Å². The second-order valence-corrected chi connectivity index (χ2v) is 10.6. The Kier molecular flexibility index (Phi) is 3.82. The van der Waals surface area contributed by atoms with Crippen molar-refractivity contribution < 1.29 is 8.23 Å². The summed E-state index contributed by atoms with van der Waals surface area (Å²) in [6.45, 7) is 6.54. The zero-order valence-corrected chi connectivity index (χ0v) is 10.4. The summed E-state index contributed by atoms with van der Waals surface area (Å²) >= 11 is 0. The minimum atomic E-state index is -1.22. The fourth-order valence-electron chi connectivity index (χ4n) is 0.236. The number of hydrogen-bond acceptors (Lipinski definition) is 2. The molecule has 0 amide bonds. The van der Waals surface area contributed by atoms with E-state index in [1.807, 2.05) is 0 Å². The van der Waals surface area contributed by atoms with Crippen LogP contribution < -0.4 is 0 Å². The van der Waals surface area contributed by atoms with Crippen molar-refractivity contribution in [3.63, 3.8) is 0 Å². The molecule has 0 N–H and O–H groups in total. The molecule has 0 rings (SSSR count). The summed E-state index contributed by atoms with van der Waals surface area (Å²) in [7, 11) is -0.937. The Labute approximate surface area is 57.3 Å². The molecule has 0 bridgehead atoms. The van der Waals surface area contributed by atoms with Crippen molar-refractivity contribution in [1.82, 2.24) is 0 Å². The third kappa shape index (κ3) is 6.57. The van der Waals surface area contributed by atoms with Crippen molar-refractivity contribution in [2.45, 2.75) is 19.6 Å². The van der Waals surface area contributed by atoms with Gasteiger partial charge >= 0.3 is 0 Å². The predicted octanol–water partition coefficient (Wildman–Crippen LogP) is -0.866. The van der Waals surface area contributed by atoms with Crippen LogP contribution in [0, 0.1) is 0 Å². The van der Waals surface area contributed by atoms with E-state index < -0.39 is 18.3 Å². The highest BCUT2D eigenvalue weighted by molar-refractivity contribution is 6.73. The van der Waals surface area contributed by atoms with E-state index in [1.54, 1.807) is 0 Å². The van der Waals surface area contributed by atoms with Crippen molar-refractivity contribution in [1.29, 1.82) is 0 Å². The molecule has 0 aromatic rings. The van der Waals surface area contributed by atoms with E-state index in [9.17, 15) is 0 Å². The lowest BCUT2D eigenvalue weighted by molar-refractivity contribution is 0.482. The molecule has 5 heteroatoms. The Morgan fingerprint density at radius 3 is 2.00 bits per heavy atom. The monoisotopic (exact) mass is 166 g/mol. The van der Waals surface area contributed by atoms with Gasteiger partial charge in [0.2, 0.25) is 0 Å². The van der Waals surface area contributed by atoms with Gasteiger partial charge in [0.25, 0.3) is 10.0 Å². The first-order valence-electron chi connectivity index (χ1n) is 2.69. The maximum absolute atomic E-state index is 5.47. The lowest BCUT2D eigenvalue weighted by Crippen LogP contribution is -2.28. The Bertz CT molecular complexity index is 60.0. The van der Waals surface area contributed by atoms with Crippen molar-refractivity contribution >= 4 is 28.8 Å². The first-order valence-corrected chi connectivity index (χ1v) is 8.07. The van der Waals surface area contributed by atoms with E-state index in [1.165, 1.54) is 0 Å². The van der Waals surface area contributed by atoms with E-state index in [-0.39, 0.29) is 0 Å². The van der Waals surface area contributed by atoms with Crippen molar-refractivity contribution in [2.75, 3.05) is 0 Å². The number of rotatable bonds is 3. The van der Waals surface area contributed by atoms with Crippen molar-refractivity contribution in [2.24, 2.45) is 0 Å². The summed E-state index contributed by atoms with van der Waals surface area (Å²) in [5.41, 5.74) is 0. The molecule has 2 nitrogen and oxygen atoms in total. The average molecular weight is 166 g/mol. The second kappa shape index (κ2) is 3.57. The van der Waals surface area contributed by atoms with Crippen LogP contribution in [0.15, 0.2) is 0 Å². The lowest BCUT2D eigenvalue weighted by atomic mass is 11.8. The van der Waals surface area contributed by atoms with E-state index in [0.29, 0.717) is 0 Å². The van der Waals surface area contributed by atoms with Crippen LogP contribution in [0.25, 0.3) is 0 Å². The van der Waals surface area contributed by atoms with Crippen LogP contribution >= 0.6 is 0 Å². The number of hydrogen-bond donors (Lipinski definition) is 0. The van der Waals surface area contributed by atoms with Crippen LogP contribution in [0.5, 0.6) is 0 Å². The Hall–Kier alpha value is 0.571. The third-order valence-electron chi connectivity index (χ3n) is 0.610. The average Bonchev–Trinajstić information content (AvgIpc) is 1.59. The summed E-state index contributed by atoms with van der Waals surface area (Å²) in [6.07, 6.45) is 0. The van der Waals surface area contributed by atoms with Crippen LogP contribution in [0.3, 0.4) is 0 Å². The molecule has 0 aliphatic heterocycles. The molecule has 0 spiro atoms. The van der Waals surface area contributed by atoms with Crippen LogP contribution in [0.2, 0.25) is 19.6 Å². The third-order valence-corrected chi connectivity index (χ3v) is 5.49. The van der Waals surface area contributed by atoms with Crippen LogP contribution in [-0.4, -0.2) is 28.8 Å². The van der Waals surface area contributed by atoms with E-state index in [0.717, 1.165) is 10.5 Å². The molecule has 0 heterocycles. The molecule has 0 saturated heterocycles. The summed E-state index contributed by atoms with van der Waals surface area (Å²) in [6, 6.07) is 0. The summed E-state index contributed by atoms with van der Waals surface area (Å²) in [5.74, 6) is 0. The molecule has 0 aromatic heterocycles. The molecule has 0 aliphatic carbocycles. The molecule has 0 atom stereocenters. The van der Waals surface area contributed by atoms with Crippen LogP contribution in [0.1, 0.15) is 0 Å². The van der Waals surface area contributed by atoms with Crippen molar-refractivity contribution in [3.05, 3.63) is 0 Å². The van der Waals surface area contributed by atoms with Gasteiger partial charge in [-0.25, -0.2) is 0 Å². The SMILES string of the molecule is C[Si](C)(C)O[SiH2]O[SiH3]. The van der Waals surface area contributed by atoms with Crippen LogP contribution in [0.4, 0.5) is 0 Å². The second-order valence-electron chi connectivity index (χ2n) is 2.66. The van der Waals surface area contributed by atoms with Gasteiger partial charge in [-0.1, -0.05) is 0 Å². The van der Waals surface area contributed by atoms with Gasteiger partial charge in [-0.3, -0.25) is 0 Å². The highest BCUT2D eigenvalue weighted by Gasteiger charge is 2.12. The Balaban J connectivity index is 3.11. The molecule has 0 aliphatic rings. The molecule has 50 valence electrons. The molecule has 0 unspecified atom stereocenters. The quantitative estimate of drug-likeness (QED) is 0.508. The van der Waals surface area contributed by atoms with Crippen LogP contribution in [-0.2, 0) is 8.23 Å². The summed E-state index contributed by atoms with van der Waals surface area (Å²) < 4.78 is 10.5. The van der Waals surface area contributed by atoms with Gasteiger partial charge in [0.1, 0.15) is 10.5 Å². The van der Waals surface area contributed by atoms with Gasteiger partial charge in [-0.15, -0.1) is 0 Å². The van der Waals surface area contributed by atoms with Gasteiger partial charge in [0.05, 0.1) is 0 Å². The first-order chi connectivity index (χ1) is 3.56. The molecular weight excluding hydrogens is 152 g/mol. The molecule has 0 saturated carbocycles. The molecule has 0 radical (unpaired) electrons. The zero-order valence-electron chi connectivity index (χ0n) is 6.02. The van der Waals surface area contributed by atoms with Gasteiger partial charge in [-0.05, 0) is 19.6 Å². The molecule has 0 aromatic carbocycles. The smallest absolute Gasteiger partial charge is 0.283 e. The fourth-order valence-corrected chi connectivity index (χ4v) is 3.18. The van der Waals surface area contributed by atoms with Crippen molar-refractivity contribution in [3.8, 4) is 0 Å². The Morgan fingerprint density at radius 2 is 1.88 bits per heavy atom. The predicted molar refractivity (Wildman–Crippen MR) is 44.0 cm³/mol. The standard InChI is InChI=1S/C3H14O2Si3/c1-8(2,3)5-7-4-6/h7H2,1-3,6H3. The maximum atomic E-state index is 5.47. The van der Waals surface area contributed by atoms with E-state index in [4.69, 9.17) is 8.23 Å². The molecule has 8 heavy (non-hydrogen) atoms. The lowest BCUT2D eigenvalue weighted by Gasteiger charge is -2.15. The summed E-state index contributed by atoms with van der Waals surface area (Å²) in [4.78, 5) is 0. The van der Waals surface area contributed by atoms with Gasteiger partial charge in [-0.2, -0.15) is 0 Å². The zero-order chi connectivity index (χ0) is 6.62. The normalized spacial score (nSPS) is 13.9. The largest absolute Gasteiger partial charge is 0.449 e. The van der Waals surface area contributed by atoms with Gasteiger partial charge < -0.3 is 8.23 Å². The highest BCUT2D eigenvalue weighted by atomic mass is 28.4. The van der Waals surface area contributed by atoms with E-state index >= 15 is 0 Å². The molecular formula is C3H14O2Si3. The Morgan fingerprint density at radius 1 is 1.38 bits per heavy atom. The first kappa shape index (κ1) is 8.57.